The molecule has 9 nitrogen and oxygen atoms in total. The maximum atomic E-state index is 14.5. The van der Waals surface area contributed by atoms with Crippen LogP contribution in [0.15, 0.2) is 30.6 Å². The lowest BCUT2D eigenvalue weighted by atomic mass is 9.73. The Labute approximate surface area is 275 Å². The zero-order valence-electron chi connectivity index (χ0n) is 27.6. The monoisotopic (exact) mass is 689 g/mol. The summed E-state index contributed by atoms with van der Waals surface area (Å²) in [7, 11) is 1.21. The number of methoxy groups -OCH3 is 1. The second kappa shape index (κ2) is 14.1. The van der Waals surface area contributed by atoms with E-state index < -0.39 is 83.9 Å². The van der Waals surface area contributed by atoms with E-state index in [0.717, 1.165) is 11.0 Å². The number of hydrogen-bond donors (Lipinski definition) is 1. The molecule has 3 heterocycles. The van der Waals surface area contributed by atoms with Crippen molar-refractivity contribution in [3.63, 3.8) is 0 Å². The summed E-state index contributed by atoms with van der Waals surface area (Å²) < 4.78 is 101. The molecule has 0 aromatic carbocycles. The number of alkyl halides is 6. The lowest BCUT2D eigenvalue weighted by Crippen LogP contribution is -2.51. The number of hydrogen-bond acceptors (Lipinski definition) is 7. The molecule has 4 rings (SSSR count). The number of carboxylic acid groups (broad SMARTS) is 1. The Balaban J connectivity index is 1.93. The SMILES string of the molecule is COc1ncc(C(F)(F)F)cc1CO[C@H]1[C@H](C(C)(C)C)[C@@H](C(=O)O)N(C(=O)[C@@H]2CCCC[C@H]2C(F)(F)F)[C@H]1c1cccnc1OC(C)C. The van der Waals surface area contributed by atoms with E-state index in [1.165, 1.54) is 25.4 Å². The molecule has 2 aromatic rings. The molecule has 2 aliphatic rings. The number of rotatable bonds is 9. The van der Waals surface area contributed by atoms with Crippen LogP contribution >= 0.6 is 0 Å². The van der Waals surface area contributed by atoms with Gasteiger partial charge in [-0.3, -0.25) is 4.79 Å². The molecule has 1 aliphatic heterocycles. The van der Waals surface area contributed by atoms with Gasteiger partial charge in [-0.15, -0.1) is 0 Å². The summed E-state index contributed by atoms with van der Waals surface area (Å²) in [5.74, 6) is -7.22. The molecule has 0 bridgehead atoms. The minimum Gasteiger partial charge on any atom is -0.481 e. The van der Waals surface area contributed by atoms with E-state index in [2.05, 4.69) is 9.97 Å². The lowest BCUT2D eigenvalue weighted by molar-refractivity contribution is -0.202. The van der Waals surface area contributed by atoms with Crippen LogP contribution in [0.2, 0.25) is 0 Å². The second-order valence-corrected chi connectivity index (χ2v) is 13.6. The Morgan fingerprint density at radius 3 is 2.27 bits per heavy atom. The zero-order chi connectivity index (χ0) is 35.8. The maximum absolute atomic E-state index is 14.5. The van der Waals surface area contributed by atoms with Crippen LogP contribution in [0.1, 0.15) is 83.0 Å². The van der Waals surface area contributed by atoms with Gasteiger partial charge in [0.2, 0.25) is 17.7 Å². The summed E-state index contributed by atoms with van der Waals surface area (Å²) in [5, 5.41) is 10.7. The van der Waals surface area contributed by atoms with Crippen LogP contribution < -0.4 is 9.47 Å². The Kier molecular flexibility index (Phi) is 10.9. The highest BCUT2D eigenvalue weighted by Gasteiger charge is 2.61. The molecule has 0 spiro atoms. The molecule has 1 aliphatic carbocycles. The Morgan fingerprint density at radius 2 is 1.71 bits per heavy atom. The molecule has 1 saturated carbocycles. The largest absolute Gasteiger partial charge is 0.481 e. The molecule has 2 fully saturated rings. The number of halogens is 6. The van der Waals surface area contributed by atoms with E-state index in [1.807, 2.05) is 0 Å². The number of carboxylic acids is 1. The van der Waals surface area contributed by atoms with Gasteiger partial charge in [-0.05, 0) is 50.3 Å². The predicted molar refractivity (Wildman–Crippen MR) is 160 cm³/mol. The molecule has 0 unspecified atom stereocenters. The number of ether oxygens (including phenoxy) is 3. The van der Waals surface area contributed by atoms with E-state index in [1.54, 1.807) is 34.6 Å². The summed E-state index contributed by atoms with van der Waals surface area (Å²) in [4.78, 5) is 36.7. The molecule has 1 saturated heterocycles. The normalized spacial score (nSPS) is 25.3. The second-order valence-electron chi connectivity index (χ2n) is 13.6. The number of pyridine rings is 2. The van der Waals surface area contributed by atoms with Crippen molar-refractivity contribution in [2.75, 3.05) is 7.11 Å². The van der Waals surface area contributed by atoms with Gasteiger partial charge in [0, 0.05) is 35.4 Å². The fraction of sp³-hybridized carbons (Fsp3) is 0.636. The van der Waals surface area contributed by atoms with Gasteiger partial charge in [0.1, 0.15) is 6.04 Å². The van der Waals surface area contributed by atoms with Crippen molar-refractivity contribution in [3.05, 3.63) is 47.3 Å². The van der Waals surface area contributed by atoms with Crippen LogP contribution in [0.4, 0.5) is 26.3 Å². The minimum atomic E-state index is -4.75. The molecule has 0 radical (unpaired) electrons. The molecule has 6 atom stereocenters. The Hall–Kier alpha value is -3.62. The molecule has 2 aromatic heterocycles. The van der Waals surface area contributed by atoms with Crippen LogP contribution in [-0.2, 0) is 27.1 Å². The summed E-state index contributed by atoms with van der Waals surface area (Å²) in [5.41, 5.74) is -1.94. The number of carbonyl (C=O) groups excluding carboxylic acids is 1. The van der Waals surface area contributed by atoms with E-state index in [9.17, 15) is 41.0 Å². The molecule has 1 amide bonds. The van der Waals surface area contributed by atoms with Crippen molar-refractivity contribution in [1.82, 2.24) is 14.9 Å². The molecular weight excluding hydrogens is 648 g/mol. The average Bonchev–Trinajstić information content (AvgIpc) is 3.34. The first-order chi connectivity index (χ1) is 22.3. The fourth-order valence-electron chi connectivity index (χ4n) is 7.00. The lowest BCUT2D eigenvalue weighted by Gasteiger charge is -2.38. The van der Waals surface area contributed by atoms with Crippen LogP contribution in [-0.4, -0.2) is 63.4 Å². The molecule has 15 heteroatoms. The van der Waals surface area contributed by atoms with Crippen LogP contribution in [0.25, 0.3) is 0 Å². The average molecular weight is 690 g/mol. The van der Waals surface area contributed by atoms with Gasteiger partial charge in [-0.2, -0.15) is 26.3 Å². The maximum Gasteiger partial charge on any atom is 0.417 e. The first-order valence-electron chi connectivity index (χ1n) is 15.7. The Bertz CT molecular complexity index is 1460. The van der Waals surface area contributed by atoms with E-state index in [4.69, 9.17) is 14.2 Å². The topological polar surface area (TPSA) is 111 Å². The number of carbonyl (C=O) groups is 2. The fourth-order valence-corrected chi connectivity index (χ4v) is 7.00. The summed E-state index contributed by atoms with van der Waals surface area (Å²) in [6.45, 7) is 7.98. The molecule has 48 heavy (non-hydrogen) atoms. The van der Waals surface area contributed by atoms with E-state index in [0.29, 0.717) is 12.6 Å². The van der Waals surface area contributed by atoms with Gasteiger partial charge in [0.25, 0.3) is 0 Å². The van der Waals surface area contributed by atoms with Crippen molar-refractivity contribution in [2.45, 2.75) is 104 Å². The first-order valence-corrected chi connectivity index (χ1v) is 15.7. The van der Waals surface area contributed by atoms with E-state index >= 15 is 0 Å². The Morgan fingerprint density at radius 1 is 1.04 bits per heavy atom. The van der Waals surface area contributed by atoms with Crippen molar-refractivity contribution in [3.8, 4) is 11.8 Å². The number of amides is 1. The summed E-state index contributed by atoms with van der Waals surface area (Å²) >= 11 is 0. The number of likely N-dealkylation sites (tertiary alicyclic amines) is 1. The third-order valence-corrected chi connectivity index (χ3v) is 8.96. The highest BCUT2D eigenvalue weighted by Crippen LogP contribution is 2.53. The third kappa shape index (κ3) is 7.81. The molecular formula is C33H41F6N3O6. The van der Waals surface area contributed by atoms with Gasteiger partial charge in [0.05, 0.1) is 43.4 Å². The first kappa shape index (κ1) is 37.2. The van der Waals surface area contributed by atoms with Gasteiger partial charge < -0.3 is 24.2 Å². The summed E-state index contributed by atoms with van der Waals surface area (Å²) in [6.07, 6.45) is -8.91. The van der Waals surface area contributed by atoms with E-state index in [-0.39, 0.29) is 42.1 Å². The molecule has 266 valence electrons. The number of aliphatic carboxylic acids is 1. The minimum absolute atomic E-state index is 0.0110. The van der Waals surface area contributed by atoms with Crippen LogP contribution in [0.3, 0.4) is 0 Å². The van der Waals surface area contributed by atoms with Crippen molar-refractivity contribution in [1.29, 1.82) is 0 Å². The number of nitrogens with zero attached hydrogens (tertiary/aromatic N) is 3. The third-order valence-electron chi connectivity index (χ3n) is 8.96. The molecule has 1 N–H and O–H groups in total. The van der Waals surface area contributed by atoms with Gasteiger partial charge in [0.15, 0.2) is 0 Å². The number of aromatic nitrogens is 2. The summed E-state index contributed by atoms with van der Waals surface area (Å²) in [6, 6.07) is 0.835. The highest BCUT2D eigenvalue weighted by molar-refractivity contribution is 5.87. The smallest absolute Gasteiger partial charge is 0.417 e. The quantitative estimate of drug-likeness (QED) is 0.275. The highest BCUT2D eigenvalue weighted by atomic mass is 19.4. The standard InChI is InChI=1S/C33H41F6N3O6/c1-17(2)48-28-21(11-9-13-40-28)24-26(47-16-18-14-19(32(34,35)36)15-41-27(18)46-6)23(31(3,4)5)25(30(44)45)42(24)29(43)20-10-7-8-12-22(20)33(37,38)39/h9,11,13-15,17,20,22-26H,7-8,10,12,16H2,1-6H3,(H,44,45)/t20-,22-,23-,24+,25+,26+/m1/s1. The van der Waals surface area contributed by atoms with Gasteiger partial charge in [-0.1, -0.05) is 33.6 Å². The van der Waals surface area contributed by atoms with Gasteiger partial charge in [-0.25, -0.2) is 14.8 Å². The van der Waals surface area contributed by atoms with Gasteiger partial charge >= 0.3 is 18.3 Å². The zero-order valence-corrected chi connectivity index (χ0v) is 27.6. The van der Waals surface area contributed by atoms with Crippen LogP contribution in [0, 0.1) is 23.2 Å². The van der Waals surface area contributed by atoms with Crippen LogP contribution in [0.5, 0.6) is 11.8 Å². The van der Waals surface area contributed by atoms with Crippen molar-refractivity contribution in [2.24, 2.45) is 23.2 Å². The van der Waals surface area contributed by atoms with Crippen molar-refractivity contribution >= 4 is 11.9 Å². The van der Waals surface area contributed by atoms with Crippen molar-refractivity contribution < 1.29 is 55.2 Å². The predicted octanol–water partition coefficient (Wildman–Crippen LogP) is 7.24.